The summed E-state index contributed by atoms with van der Waals surface area (Å²) in [5.74, 6) is -0.413. The number of esters is 1. The minimum Gasteiger partial charge on any atom is -0.504 e. The van der Waals surface area contributed by atoms with Gasteiger partial charge in [0, 0.05) is 0 Å². The summed E-state index contributed by atoms with van der Waals surface area (Å²) in [4.78, 5) is 16.5. The van der Waals surface area contributed by atoms with Crippen LogP contribution >= 0.6 is 0 Å². The smallest absolute Gasteiger partial charge is 0.338 e. The van der Waals surface area contributed by atoms with Crippen LogP contribution in [0, 0.1) is 0 Å². The Morgan fingerprint density at radius 2 is 1.67 bits per heavy atom. The van der Waals surface area contributed by atoms with E-state index >= 15 is 0 Å². The number of hydrogen-bond acceptors (Lipinski definition) is 8. The van der Waals surface area contributed by atoms with E-state index in [2.05, 4.69) is 4.84 Å². The predicted octanol–water partition coefficient (Wildman–Crippen LogP) is 2.27. The molecule has 2 rings (SSSR count). The van der Waals surface area contributed by atoms with Gasteiger partial charge in [0.1, 0.15) is 6.61 Å². The summed E-state index contributed by atoms with van der Waals surface area (Å²) >= 11 is 0. The zero-order valence-electron chi connectivity index (χ0n) is 12.9. The number of phenolic OH excluding ortho intramolecular Hbond substituents is 1. The Hall–Kier alpha value is -2.65. The number of carbonyl (C=O) groups excluding carboxylic acids is 1. The molecule has 3 N–H and O–H groups in total. The highest BCUT2D eigenvalue weighted by Gasteiger charge is 2.11. The molecule has 0 saturated carbocycles. The van der Waals surface area contributed by atoms with Crippen molar-refractivity contribution in [1.82, 2.24) is 5.39 Å². The number of ether oxygens (including phenoxy) is 2. The topological polar surface area (TPSA) is 109 Å². The molecule has 0 fully saturated rings. The van der Waals surface area contributed by atoms with E-state index in [-0.39, 0.29) is 35.7 Å². The summed E-state index contributed by atoms with van der Waals surface area (Å²) in [6.45, 7) is 0.0512. The number of aromatic hydroxyl groups is 1. The lowest BCUT2D eigenvalue weighted by molar-refractivity contribution is -0.497. The van der Waals surface area contributed by atoms with Crippen molar-refractivity contribution >= 4 is 5.97 Å². The molecule has 0 atom stereocenters. The third-order valence-electron chi connectivity index (χ3n) is 3.16. The molecule has 0 bridgehead atoms. The average molecular weight is 335 g/mol. The van der Waals surface area contributed by atoms with Crippen molar-refractivity contribution in [3.8, 4) is 11.5 Å². The van der Waals surface area contributed by atoms with Crippen molar-refractivity contribution in [2.75, 3.05) is 7.11 Å². The Morgan fingerprint density at radius 1 is 1.04 bits per heavy atom. The highest BCUT2D eigenvalue weighted by molar-refractivity contribution is 5.90. The van der Waals surface area contributed by atoms with Crippen molar-refractivity contribution in [3.63, 3.8) is 0 Å². The van der Waals surface area contributed by atoms with Gasteiger partial charge in [-0.2, -0.15) is 0 Å². The first-order chi connectivity index (χ1) is 11.5. The summed E-state index contributed by atoms with van der Waals surface area (Å²) in [5, 5.41) is 26.1. The summed E-state index contributed by atoms with van der Waals surface area (Å²) in [6.07, 6.45) is 0. The van der Waals surface area contributed by atoms with E-state index in [1.165, 1.54) is 25.3 Å². The zero-order valence-corrected chi connectivity index (χ0v) is 12.9. The fraction of sp³-hybridized carbons (Fsp3) is 0.188. The molecule has 2 aromatic rings. The van der Waals surface area contributed by atoms with Gasteiger partial charge in [0.15, 0.2) is 11.5 Å². The highest BCUT2D eigenvalue weighted by atomic mass is 17.1. The van der Waals surface area contributed by atoms with Gasteiger partial charge >= 0.3 is 5.97 Å². The van der Waals surface area contributed by atoms with E-state index in [0.717, 1.165) is 5.56 Å². The lowest BCUT2D eigenvalue weighted by Crippen LogP contribution is -2.13. The Kier molecular flexibility index (Phi) is 6.10. The Morgan fingerprint density at radius 3 is 2.25 bits per heavy atom. The molecule has 0 aromatic heterocycles. The molecule has 0 saturated heterocycles. The normalized spacial score (nSPS) is 10.7. The molecule has 128 valence electrons. The van der Waals surface area contributed by atoms with Gasteiger partial charge in [-0.05, 0) is 29.3 Å². The molecule has 0 unspecified atom stereocenters. The SMILES string of the molecule is COc1cc(C(=O)OCc2ccc(CON(O)O)cc2)ccc1O. The summed E-state index contributed by atoms with van der Waals surface area (Å²) in [5.41, 5.74) is 1.73. The van der Waals surface area contributed by atoms with Crippen LogP contribution in [0.2, 0.25) is 0 Å². The van der Waals surface area contributed by atoms with Crippen LogP contribution in [0.5, 0.6) is 11.5 Å². The number of methoxy groups -OCH3 is 1. The quantitative estimate of drug-likeness (QED) is 0.522. The van der Waals surface area contributed by atoms with E-state index in [4.69, 9.17) is 19.9 Å². The maximum absolute atomic E-state index is 12.0. The molecule has 0 aliphatic rings. The van der Waals surface area contributed by atoms with Gasteiger partial charge in [-0.1, -0.05) is 24.3 Å². The maximum atomic E-state index is 12.0. The van der Waals surface area contributed by atoms with Crippen LogP contribution in [0.4, 0.5) is 0 Å². The van der Waals surface area contributed by atoms with Gasteiger partial charge in [0.25, 0.3) is 0 Å². The third kappa shape index (κ3) is 4.93. The van der Waals surface area contributed by atoms with Gasteiger partial charge in [-0.15, -0.1) is 0 Å². The van der Waals surface area contributed by atoms with E-state index in [9.17, 15) is 9.90 Å². The Labute approximate surface area is 137 Å². The van der Waals surface area contributed by atoms with Crippen LogP contribution in [0.1, 0.15) is 21.5 Å². The molecule has 0 heterocycles. The van der Waals surface area contributed by atoms with Gasteiger partial charge in [-0.3, -0.25) is 10.4 Å². The van der Waals surface area contributed by atoms with Crippen molar-refractivity contribution in [3.05, 3.63) is 59.2 Å². The van der Waals surface area contributed by atoms with Crippen LogP contribution < -0.4 is 4.74 Å². The fourth-order valence-corrected chi connectivity index (χ4v) is 1.90. The van der Waals surface area contributed by atoms with Crippen LogP contribution in [0.25, 0.3) is 0 Å². The molecule has 0 radical (unpaired) electrons. The molecule has 2 aromatic carbocycles. The molecule has 0 spiro atoms. The molecule has 24 heavy (non-hydrogen) atoms. The second kappa shape index (κ2) is 8.27. The molecule has 0 aliphatic carbocycles. The van der Waals surface area contributed by atoms with Crippen LogP contribution in [0.15, 0.2) is 42.5 Å². The maximum Gasteiger partial charge on any atom is 0.338 e. The van der Waals surface area contributed by atoms with Gasteiger partial charge in [0.2, 0.25) is 0 Å². The molecular weight excluding hydrogens is 318 g/mol. The Balaban J connectivity index is 1.91. The lowest BCUT2D eigenvalue weighted by atomic mass is 10.1. The van der Waals surface area contributed by atoms with Gasteiger partial charge in [-0.25, -0.2) is 9.63 Å². The number of hydrogen-bond donors (Lipinski definition) is 3. The molecule has 8 nitrogen and oxygen atoms in total. The van der Waals surface area contributed by atoms with Gasteiger partial charge in [0.05, 0.1) is 24.7 Å². The number of phenols is 1. The lowest BCUT2D eigenvalue weighted by Gasteiger charge is -2.09. The first-order valence-electron chi connectivity index (χ1n) is 6.92. The monoisotopic (exact) mass is 335 g/mol. The minimum absolute atomic E-state index is 0.0135. The fourth-order valence-electron chi connectivity index (χ4n) is 1.90. The summed E-state index contributed by atoms with van der Waals surface area (Å²) < 4.78 is 10.1. The van der Waals surface area contributed by atoms with E-state index in [0.29, 0.717) is 5.56 Å². The van der Waals surface area contributed by atoms with Crippen molar-refractivity contribution < 1.29 is 34.6 Å². The summed E-state index contributed by atoms with van der Waals surface area (Å²) in [6, 6.07) is 11.1. The van der Waals surface area contributed by atoms with Crippen LogP contribution in [0.3, 0.4) is 0 Å². The highest BCUT2D eigenvalue weighted by Crippen LogP contribution is 2.26. The van der Waals surface area contributed by atoms with Crippen molar-refractivity contribution in [1.29, 1.82) is 0 Å². The molecule has 0 aliphatic heterocycles. The number of carbonyl (C=O) groups is 1. The van der Waals surface area contributed by atoms with Crippen molar-refractivity contribution in [2.24, 2.45) is 0 Å². The Bertz CT molecular complexity index is 685. The largest absolute Gasteiger partial charge is 0.504 e. The predicted molar refractivity (Wildman–Crippen MR) is 80.4 cm³/mol. The van der Waals surface area contributed by atoms with Crippen LogP contribution in [-0.4, -0.2) is 34.0 Å². The second-order valence-corrected chi connectivity index (χ2v) is 4.81. The van der Waals surface area contributed by atoms with Gasteiger partial charge < -0.3 is 14.6 Å². The third-order valence-corrected chi connectivity index (χ3v) is 3.16. The minimum atomic E-state index is -0.545. The van der Waals surface area contributed by atoms with E-state index in [1.54, 1.807) is 24.3 Å². The molecule has 8 heteroatoms. The average Bonchev–Trinajstić information content (AvgIpc) is 2.59. The standard InChI is InChI=1S/C16H17NO7/c1-22-15-8-13(6-7-14(15)18)16(19)23-9-11-2-4-12(5-3-11)10-24-17(20)21/h2-8,18,20-21H,9-10H2,1H3. The van der Waals surface area contributed by atoms with E-state index in [1.807, 2.05) is 0 Å². The van der Waals surface area contributed by atoms with E-state index < -0.39 is 5.97 Å². The van der Waals surface area contributed by atoms with Crippen LogP contribution in [-0.2, 0) is 22.8 Å². The summed E-state index contributed by atoms with van der Waals surface area (Å²) in [7, 11) is 1.39. The second-order valence-electron chi connectivity index (χ2n) is 4.81. The first kappa shape index (κ1) is 17.7. The number of nitrogens with zero attached hydrogens (tertiary/aromatic N) is 1. The number of benzene rings is 2. The van der Waals surface area contributed by atoms with Crippen molar-refractivity contribution in [2.45, 2.75) is 13.2 Å². The molecule has 0 amide bonds. The number of rotatable bonds is 7. The first-order valence-corrected chi connectivity index (χ1v) is 6.92. The zero-order chi connectivity index (χ0) is 17.5. The molecular formula is C16H17NO7.